The highest BCUT2D eigenvalue weighted by Crippen LogP contribution is 2.61. The van der Waals surface area contributed by atoms with E-state index in [1.165, 1.54) is 12.1 Å². The molecule has 2 aromatic carbocycles. The molecule has 0 amide bonds. The molecule has 2 aliphatic rings. The normalized spacial score (nSPS) is 25.6. The number of likely N-dealkylation sites (tertiary alicyclic amines) is 1. The molecule has 10 heteroatoms. The molecule has 3 heterocycles. The Bertz CT molecular complexity index is 1280. The lowest BCUT2D eigenvalue weighted by Crippen LogP contribution is -2.57. The average Bonchev–Trinajstić information content (AvgIpc) is 3.36. The van der Waals surface area contributed by atoms with Gasteiger partial charge in [0, 0.05) is 37.1 Å². The predicted octanol–water partition coefficient (Wildman–Crippen LogP) is 5.58. The maximum atomic E-state index is 14.0. The summed E-state index contributed by atoms with van der Waals surface area (Å²) < 4.78 is 39.4. The highest BCUT2D eigenvalue weighted by molar-refractivity contribution is 8.23. The molecule has 2 N–H and O–H groups in total. The first-order valence-electron chi connectivity index (χ1n) is 11.5. The third-order valence-corrected chi connectivity index (χ3v) is 9.88. The van der Waals surface area contributed by atoms with E-state index in [9.17, 15) is 18.8 Å². The fourth-order valence-corrected chi connectivity index (χ4v) is 8.00. The number of piperidine rings is 1. The quantitative estimate of drug-likeness (QED) is 0.471. The van der Waals surface area contributed by atoms with Crippen molar-refractivity contribution >= 4 is 28.0 Å². The van der Waals surface area contributed by atoms with E-state index in [0.29, 0.717) is 30.8 Å². The number of aromatic nitrogens is 1. The number of rotatable bonds is 4. The molecule has 1 spiro atoms. The SMILES string of the molecule is C[C@H]1C[C@]2(CCN1Cc1nc(-c3cccc(C#N)c3)cs1)CN(C)S(O)(O)N2c1cccc(F)c1. The van der Waals surface area contributed by atoms with Crippen LogP contribution in [0.1, 0.15) is 30.3 Å². The highest BCUT2D eigenvalue weighted by atomic mass is 32.3. The van der Waals surface area contributed by atoms with Crippen LogP contribution in [-0.2, 0) is 6.54 Å². The molecule has 2 aliphatic heterocycles. The Hall–Kier alpha value is -2.52. The van der Waals surface area contributed by atoms with Gasteiger partial charge in [-0.05, 0) is 50.1 Å². The molecular formula is C25H28FN5O2S2. The Labute approximate surface area is 210 Å². The van der Waals surface area contributed by atoms with Crippen molar-refractivity contribution in [3.63, 3.8) is 0 Å². The van der Waals surface area contributed by atoms with Gasteiger partial charge in [-0.1, -0.05) is 29.2 Å². The number of halogens is 1. The second-order valence-electron chi connectivity index (χ2n) is 9.37. The van der Waals surface area contributed by atoms with E-state index in [1.54, 1.807) is 45.2 Å². The molecular weight excluding hydrogens is 485 g/mol. The zero-order chi connectivity index (χ0) is 24.8. The summed E-state index contributed by atoms with van der Waals surface area (Å²) in [5, 5.41) is 12.2. The number of nitrogens with zero attached hydrogens (tertiary/aromatic N) is 5. The lowest BCUT2D eigenvalue weighted by molar-refractivity contribution is 0.100. The van der Waals surface area contributed by atoms with Gasteiger partial charge in [0.2, 0.25) is 0 Å². The Morgan fingerprint density at radius 1 is 1.26 bits per heavy atom. The van der Waals surface area contributed by atoms with E-state index in [4.69, 9.17) is 4.98 Å². The molecule has 2 fully saturated rings. The van der Waals surface area contributed by atoms with Gasteiger partial charge in [0.25, 0.3) is 0 Å². The minimum absolute atomic E-state index is 0.163. The fraction of sp³-hybridized carbons (Fsp3) is 0.360. The van der Waals surface area contributed by atoms with Crippen LogP contribution in [0, 0.1) is 17.1 Å². The molecule has 5 rings (SSSR count). The van der Waals surface area contributed by atoms with Crippen LogP contribution in [0.3, 0.4) is 0 Å². The predicted molar refractivity (Wildman–Crippen MR) is 138 cm³/mol. The van der Waals surface area contributed by atoms with Crippen molar-refractivity contribution in [1.82, 2.24) is 14.2 Å². The molecule has 3 aromatic rings. The molecule has 0 unspecified atom stereocenters. The van der Waals surface area contributed by atoms with Crippen molar-refractivity contribution in [2.75, 3.05) is 24.4 Å². The Balaban J connectivity index is 1.34. The van der Waals surface area contributed by atoms with Crippen LogP contribution < -0.4 is 4.31 Å². The number of hydrogen-bond donors (Lipinski definition) is 2. The third-order valence-electron chi connectivity index (χ3n) is 6.99. The first-order valence-corrected chi connectivity index (χ1v) is 13.8. The lowest BCUT2D eigenvalue weighted by Gasteiger charge is -2.51. The van der Waals surface area contributed by atoms with Gasteiger partial charge >= 0.3 is 0 Å². The van der Waals surface area contributed by atoms with Crippen LogP contribution in [0.4, 0.5) is 10.1 Å². The number of likely N-dealkylation sites (N-methyl/N-ethyl adjacent to an activating group) is 1. The lowest BCUT2D eigenvalue weighted by atomic mass is 9.83. The minimum Gasteiger partial charge on any atom is -0.294 e. The molecule has 0 saturated carbocycles. The summed E-state index contributed by atoms with van der Waals surface area (Å²) in [7, 11) is -1.51. The fourth-order valence-electron chi connectivity index (χ4n) is 5.34. The van der Waals surface area contributed by atoms with Gasteiger partial charge in [0.15, 0.2) is 0 Å². The van der Waals surface area contributed by atoms with Crippen LogP contribution in [0.5, 0.6) is 0 Å². The number of anilines is 1. The number of thiazole rings is 1. The second-order valence-corrected chi connectivity index (χ2v) is 12.3. The smallest absolute Gasteiger partial charge is 0.125 e. The van der Waals surface area contributed by atoms with Crippen molar-refractivity contribution in [3.8, 4) is 17.3 Å². The Morgan fingerprint density at radius 3 is 2.80 bits per heavy atom. The van der Waals surface area contributed by atoms with Gasteiger partial charge in [-0.25, -0.2) is 9.37 Å². The zero-order valence-corrected chi connectivity index (χ0v) is 21.3. The topological polar surface area (TPSA) is 86.9 Å². The van der Waals surface area contributed by atoms with Crippen molar-refractivity contribution in [2.45, 2.75) is 37.9 Å². The first kappa shape index (κ1) is 24.2. The van der Waals surface area contributed by atoms with Gasteiger partial charge < -0.3 is 0 Å². The number of nitriles is 1. The van der Waals surface area contributed by atoms with Crippen LogP contribution in [0.25, 0.3) is 11.3 Å². The van der Waals surface area contributed by atoms with Crippen LogP contribution in [0.2, 0.25) is 0 Å². The Morgan fingerprint density at radius 2 is 2.06 bits per heavy atom. The molecule has 7 nitrogen and oxygen atoms in total. The molecule has 0 bridgehead atoms. The van der Waals surface area contributed by atoms with Crippen molar-refractivity contribution in [3.05, 3.63) is 70.3 Å². The molecule has 184 valence electrons. The van der Waals surface area contributed by atoms with E-state index in [1.807, 2.05) is 23.6 Å². The van der Waals surface area contributed by atoms with Crippen LogP contribution >= 0.6 is 22.3 Å². The summed E-state index contributed by atoms with van der Waals surface area (Å²) in [6.45, 7) is 4.11. The van der Waals surface area contributed by atoms with Crippen LogP contribution in [0.15, 0.2) is 53.9 Å². The standard InChI is InChI=1S/C25H28FN5O2S2/c1-18-13-25(17-29(2)35(32,33)31(25)22-8-4-7-21(26)12-22)9-10-30(18)15-24-28-23(16-34-24)20-6-3-5-19(11-20)14-27/h3-8,11-12,16,18,32-33H,9-10,13,15,17H2,1-2H3/t18-,25+/m0/s1. The Kier molecular flexibility index (Phi) is 6.34. The third kappa shape index (κ3) is 4.44. The average molecular weight is 514 g/mol. The van der Waals surface area contributed by atoms with E-state index < -0.39 is 22.3 Å². The van der Waals surface area contributed by atoms with Gasteiger partial charge in [-0.15, -0.1) is 11.3 Å². The van der Waals surface area contributed by atoms with Gasteiger partial charge in [0.05, 0.1) is 35.1 Å². The largest absolute Gasteiger partial charge is 0.294 e. The maximum Gasteiger partial charge on any atom is 0.125 e. The van der Waals surface area contributed by atoms with Crippen LogP contribution in [-0.4, -0.2) is 55.0 Å². The molecule has 0 radical (unpaired) electrons. The van der Waals surface area contributed by atoms with E-state index in [-0.39, 0.29) is 6.04 Å². The summed E-state index contributed by atoms with van der Waals surface area (Å²) >= 11 is 1.60. The van der Waals surface area contributed by atoms with E-state index in [2.05, 4.69) is 17.9 Å². The first-order chi connectivity index (χ1) is 16.7. The maximum absolute atomic E-state index is 14.0. The molecule has 0 aliphatic carbocycles. The molecule has 2 saturated heterocycles. The van der Waals surface area contributed by atoms with Crippen molar-refractivity contribution < 1.29 is 13.5 Å². The molecule has 2 atom stereocenters. The number of benzene rings is 2. The van der Waals surface area contributed by atoms with Gasteiger partial charge in [0.1, 0.15) is 10.8 Å². The summed E-state index contributed by atoms with van der Waals surface area (Å²) in [6, 6.07) is 15.9. The van der Waals surface area contributed by atoms with Crippen molar-refractivity contribution in [1.29, 1.82) is 5.26 Å². The summed E-state index contributed by atoms with van der Waals surface area (Å²) in [4.78, 5) is 7.18. The zero-order valence-electron chi connectivity index (χ0n) is 19.6. The minimum atomic E-state index is -3.23. The second kappa shape index (κ2) is 9.17. The summed E-state index contributed by atoms with van der Waals surface area (Å²) in [6.07, 6.45) is 1.43. The summed E-state index contributed by atoms with van der Waals surface area (Å²) in [5.41, 5.74) is 2.42. The molecule has 35 heavy (non-hydrogen) atoms. The molecule has 1 aromatic heterocycles. The van der Waals surface area contributed by atoms with E-state index in [0.717, 1.165) is 29.2 Å². The highest BCUT2D eigenvalue weighted by Gasteiger charge is 2.55. The van der Waals surface area contributed by atoms with Gasteiger partial charge in [-0.2, -0.15) is 9.57 Å². The van der Waals surface area contributed by atoms with Gasteiger partial charge in [-0.3, -0.25) is 18.3 Å². The van der Waals surface area contributed by atoms with E-state index >= 15 is 0 Å². The summed E-state index contributed by atoms with van der Waals surface area (Å²) in [5.74, 6) is -0.396. The monoisotopic (exact) mass is 513 g/mol. The number of hydrogen-bond acceptors (Lipinski definition) is 8. The van der Waals surface area contributed by atoms with Crippen molar-refractivity contribution in [2.24, 2.45) is 0 Å².